The summed E-state index contributed by atoms with van der Waals surface area (Å²) in [6, 6.07) is 12.5. The molecule has 8 heteroatoms. The summed E-state index contributed by atoms with van der Waals surface area (Å²) in [5.41, 5.74) is 0.990. The summed E-state index contributed by atoms with van der Waals surface area (Å²) in [5, 5.41) is 3.33. The van der Waals surface area contributed by atoms with Gasteiger partial charge in [-0.05, 0) is 23.8 Å². The molecular formula is C19H24N4O3S. The van der Waals surface area contributed by atoms with Crippen LogP contribution in [0.1, 0.15) is 12.0 Å². The molecule has 1 aromatic heterocycles. The molecule has 0 spiro atoms. The smallest absolute Gasteiger partial charge is 0.213 e. The molecule has 1 aliphatic heterocycles. The van der Waals surface area contributed by atoms with Crippen molar-refractivity contribution in [3.8, 4) is 5.88 Å². The van der Waals surface area contributed by atoms with Crippen molar-refractivity contribution in [3.05, 3.63) is 54.2 Å². The molecule has 1 unspecified atom stereocenters. The highest BCUT2D eigenvalue weighted by atomic mass is 32.2. The lowest BCUT2D eigenvalue weighted by Crippen LogP contribution is -2.40. The molecule has 1 aromatic carbocycles. The number of likely N-dealkylation sites (tertiary alicyclic amines) is 1. The summed E-state index contributed by atoms with van der Waals surface area (Å²) in [4.78, 5) is 11.0. The number of ether oxygens (including phenoxy) is 1. The van der Waals surface area contributed by atoms with E-state index in [0.717, 1.165) is 31.0 Å². The second-order valence-electron chi connectivity index (χ2n) is 6.46. The summed E-state index contributed by atoms with van der Waals surface area (Å²) in [5.74, 6) is 1.44. The van der Waals surface area contributed by atoms with Gasteiger partial charge in [-0.15, -0.1) is 0 Å². The van der Waals surface area contributed by atoms with E-state index in [2.05, 4.69) is 20.2 Å². The van der Waals surface area contributed by atoms with Gasteiger partial charge in [0.05, 0.1) is 11.4 Å². The van der Waals surface area contributed by atoms with E-state index < -0.39 is 9.84 Å². The lowest BCUT2D eigenvalue weighted by molar-refractivity contribution is 0.205. The number of nitrogens with one attached hydrogen (secondary N) is 1. The van der Waals surface area contributed by atoms with E-state index in [-0.39, 0.29) is 6.10 Å². The van der Waals surface area contributed by atoms with Crippen molar-refractivity contribution in [1.29, 1.82) is 0 Å². The molecule has 0 bridgehead atoms. The Balaban J connectivity index is 1.54. The van der Waals surface area contributed by atoms with E-state index >= 15 is 0 Å². The van der Waals surface area contributed by atoms with Gasteiger partial charge in [-0.1, -0.05) is 18.2 Å². The lowest BCUT2D eigenvalue weighted by atomic mass is 10.2. The molecule has 2 aromatic rings. The average molecular weight is 388 g/mol. The van der Waals surface area contributed by atoms with Crippen molar-refractivity contribution in [3.63, 3.8) is 0 Å². The first kappa shape index (κ1) is 19.2. The SMILES string of the molecule is CN=C(NCc1ccc(S(C)(=O)=O)cc1)N1CCC(Oc2ccccn2)C1. The highest BCUT2D eigenvalue weighted by Gasteiger charge is 2.26. The standard InChI is InChI=1S/C19H24N4O3S/c1-20-19(22-13-15-6-8-17(9-7-15)27(2,24)25)23-12-10-16(14-23)26-18-5-3-4-11-21-18/h3-9,11,16H,10,12-14H2,1-2H3,(H,20,22). The molecule has 27 heavy (non-hydrogen) atoms. The molecule has 0 amide bonds. The largest absolute Gasteiger partial charge is 0.472 e. The van der Waals surface area contributed by atoms with Crippen LogP contribution in [0.3, 0.4) is 0 Å². The van der Waals surface area contributed by atoms with Crippen LogP contribution in [0.4, 0.5) is 0 Å². The van der Waals surface area contributed by atoms with Crippen LogP contribution in [-0.4, -0.2) is 56.8 Å². The number of hydrogen-bond acceptors (Lipinski definition) is 5. The third-order valence-corrected chi connectivity index (χ3v) is 5.51. The summed E-state index contributed by atoms with van der Waals surface area (Å²) in [6.07, 6.45) is 3.91. The second kappa shape index (κ2) is 8.39. The Labute approximate surface area is 160 Å². The summed E-state index contributed by atoms with van der Waals surface area (Å²) in [7, 11) is -1.42. The van der Waals surface area contributed by atoms with Crippen molar-refractivity contribution in [1.82, 2.24) is 15.2 Å². The molecule has 1 atom stereocenters. The number of aliphatic imine (C=N–C) groups is 1. The molecule has 0 radical (unpaired) electrons. The predicted molar refractivity (Wildman–Crippen MR) is 105 cm³/mol. The second-order valence-corrected chi connectivity index (χ2v) is 8.48. The number of nitrogens with zero attached hydrogens (tertiary/aromatic N) is 3. The third kappa shape index (κ3) is 5.19. The minimum atomic E-state index is -3.17. The van der Waals surface area contributed by atoms with Crippen LogP contribution < -0.4 is 10.1 Å². The molecule has 3 rings (SSSR count). The Morgan fingerprint density at radius 3 is 2.70 bits per heavy atom. The van der Waals surface area contributed by atoms with E-state index in [9.17, 15) is 8.42 Å². The molecule has 0 aliphatic carbocycles. The molecule has 0 saturated carbocycles. The normalized spacial score (nSPS) is 17.8. The average Bonchev–Trinajstić information content (AvgIpc) is 3.11. The fourth-order valence-electron chi connectivity index (χ4n) is 2.97. The predicted octanol–water partition coefficient (Wildman–Crippen LogP) is 1.71. The molecule has 1 aliphatic rings. The fourth-order valence-corrected chi connectivity index (χ4v) is 3.60. The molecule has 144 valence electrons. The third-order valence-electron chi connectivity index (χ3n) is 4.38. The summed E-state index contributed by atoms with van der Waals surface area (Å²) in [6.45, 7) is 2.16. The quantitative estimate of drug-likeness (QED) is 0.620. The van der Waals surface area contributed by atoms with Crippen LogP contribution in [0.5, 0.6) is 5.88 Å². The van der Waals surface area contributed by atoms with Gasteiger partial charge < -0.3 is 15.0 Å². The maximum atomic E-state index is 11.5. The summed E-state index contributed by atoms with van der Waals surface area (Å²) < 4.78 is 29.0. The van der Waals surface area contributed by atoms with Gasteiger partial charge in [0, 0.05) is 45.1 Å². The van der Waals surface area contributed by atoms with Crippen molar-refractivity contribution < 1.29 is 13.2 Å². The molecule has 7 nitrogen and oxygen atoms in total. The van der Waals surface area contributed by atoms with Gasteiger partial charge in [0.25, 0.3) is 0 Å². The maximum Gasteiger partial charge on any atom is 0.213 e. The first-order valence-electron chi connectivity index (χ1n) is 8.78. The van der Waals surface area contributed by atoms with Gasteiger partial charge in [0.2, 0.25) is 5.88 Å². The van der Waals surface area contributed by atoms with E-state index in [0.29, 0.717) is 17.3 Å². The van der Waals surface area contributed by atoms with E-state index in [4.69, 9.17) is 4.74 Å². The van der Waals surface area contributed by atoms with Gasteiger partial charge >= 0.3 is 0 Å². The Morgan fingerprint density at radius 2 is 2.07 bits per heavy atom. The van der Waals surface area contributed by atoms with Crippen LogP contribution >= 0.6 is 0 Å². The zero-order chi connectivity index (χ0) is 19.3. The van der Waals surface area contributed by atoms with Gasteiger partial charge in [-0.3, -0.25) is 4.99 Å². The number of guanidine groups is 1. The number of benzene rings is 1. The first-order valence-corrected chi connectivity index (χ1v) is 10.7. The lowest BCUT2D eigenvalue weighted by Gasteiger charge is -2.21. The van der Waals surface area contributed by atoms with Crippen molar-refractivity contribution >= 4 is 15.8 Å². The topological polar surface area (TPSA) is 83.9 Å². The Hall–Kier alpha value is -2.61. The van der Waals surface area contributed by atoms with E-state index in [1.807, 2.05) is 30.3 Å². The number of hydrogen-bond donors (Lipinski definition) is 1. The Morgan fingerprint density at radius 1 is 1.30 bits per heavy atom. The van der Waals surface area contributed by atoms with Crippen molar-refractivity contribution in [2.75, 3.05) is 26.4 Å². The summed E-state index contributed by atoms with van der Waals surface area (Å²) >= 11 is 0. The Bertz CT molecular complexity index is 883. The minimum absolute atomic E-state index is 0.0764. The molecule has 1 saturated heterocycles. The maximum absolute atomic E-state index is 11.5. The number of pyridine rings is 1. The van der Waals surface area contributed by atoms with Crippen LogP contribution in [0, 0.1) is 0 Å². The monoisotopic (exact) mass is 388 g/mol. The minimum Gasteiger partial charge on any atom is -0.472 e. The van der Waals surface area contributed by atoms with E-state index in [1.54, 1.807) is 25.4 Å². The van der Waals surface area contributed by atoms with Crippen molar-refractivity contribution in [2.24, 2.45) is 4.99 Å². The number of rotatable bonds is 5. The van der Waals surface area contributed by atoms with Crippen LogP contribution in [-0.2, 0) is 16.4 Å². The number of aromatic nitrogens is 1. The van der Waals surface area contributed by atoms with Crippen LogP contribution in [0.25, 0.3) is 0 Å². The number of sulfone groups is 1. The molecule has 2 heterocycles. The molecule has 1 N–H and O–H groups in total. The van der Waals surface area contributed by atoms with Crippen LogP contribution in [0.2, 0.25) is 0 Å². The molecule has 1 fully saturated rings. The highest BCUT2D eigenvalue weighted by Crippen LogP contribution is 2.16. The zero-order valence-electron chi connectivity index (χ0n) is 15.5. The van der Waals surface area contributed by atoms with Gasteiger partial charge in [0.1, 0.15) is 6.10 Å². The Kier molecular flexibility index (Phi) is 5.95. The van der Waals surface area contributed by atoms with Gasteiger partial charge in [-0.25, -0.2) is 13.4 Å². The van der Waals surface area contributed by atoms with Gasteiger partial charge in [-0.2, -0.15) is 0 Å². The van der Waals surface area contributed by atoms with E-state index in [1.165, 1.54) is 6.26 Å². The first-order chi connectivity index (χ1) is 13.0. The fraction of sp³-hybridized carbons (Fsp3) is 0.368. The van der Waals surface area contributed by atoms with Crippen LogP contribution in [0.15, 0.2) is 58.5 Å². The van der Waals surface area contributed by atoms with Gasteiger partial charge in [0.15, 0.2) is 15.8 Å². The molecular weight excluding hydrogens is 364 g/mol. The zero-order valence-corrected chi connectivity index (χ0v) is 16.3. The highest BCUT2D eigenvalue weighted by molar-refractivity contribution is 7.90. The van der Waals surface area contributed by atoms with Crippen molar-refractivity contribution in [2.45, 2.75) is 24.0 Å².